The second-order valence-corrected chi connectivity index (χ2v) is 7.35. The van der Waals surface area contributed by atoms with Crippen LogP contribution in [0.4, 0.5) is 5.69 Å². The summed E-state index contributed by atoms with van der Waals surface area (Å²) in [5.74, 6) is 0.447. The number of carbonyl (C=O) groups excluding carboxylic acids is 2. The summed E-state index contributed by atoms with van der Waals surface area (Å²) in [7, 11) is 1.76. The molecule has 3 aromatic rings. The Bertz CT molecular complexity index is 1150. The Morgan fingerprint density at radius 1 is 0.897 bits per heavy atom. The van der Waals surface area contributed by atoms with Crippen molar-refractivity contribution in [2.45, 2.75) is 12.5 Å². The quantitative estimate of drug-likeness (QED) is 0.680. The van der Waals surface area contributed by atoms with Crippen LogP contribution in [0.1, 0.15) is 27.0 Å². The summed E-state index contributed by atoms with van der Waals surface area (Å²) in [6.45, 7) is 0. The third-order valence-corrected chi connectivity index (χ3v) is 5.52. The smallest absolute Gasteiger partial charge is 0.268 e. The summed E-state index contributed by atoms with van der Waals surface area (Å²) >= 11 is 0. The van der Waals surface area contributed by atoms with Crippen LogP contribution < -0.4 is 9.64 Å². The maximum absolute atomic E-state index is 12.9. The molecule has 2 aliphatic rings. The minimum atomic E-state index is -0.606. The van der Waals surface area contributed by atoms with E-state index in [9.17, 15) is 9.59 Å². The van der Waals surface area contributed by atoms with Gasteiger partial charge in [0, 0.05) is 19.0 Å². The van der Waals surface area contributed by atoms with Crippen molar-refractivity contribution in [1.82, 2.24) is 0 Å². The Balaban J connectivity index is 1.53. The summed E-state index contributed by atoms with van der Waals surface area (Å²) < 4.78 is 6.07. The number of hydrogen-bond acceptors (Lipinski definition) is 3. The number of carbonyl (C=O) groups is 2. The van der Waals surface area contributed by atoms with E-state index in [2.05, 4.69) is 0 Å². The number of ketones is 1. The zero-order valence-electron chi connectivity index (χ0n) is 16.0. The summed E-state index contributed by atoms with van der Waals surface area (Å²) in [6, 6.07) is 23.3. The molecule has 4 nitrogen and oxygen atoms in total. The molecule has 1 unspecified atom stereocenters. The average Bonchev–Trinajstić information content (AvgIpc) is 3.08. The molecule has 4 heteroatoms. The molecule has 0 fully saturated rings. The van der Waals surface area contributed by atoms with E-state index in [4.69, 9.17) is 4.74 Å². The molecule has 1 atom stereocenters. The number of rotatable bonds is 3. The second kappa shape index (κ2) is 6.74. The van der Waals surface area contributed by atoms with E-state index in [1.54, 1.807) is 24.1 Å². The fourth-order valence-corrected chi connectivity index (χ4v) is 3.99. The summed E-state index contributed by atoms with van der Waals surface area (Å²) in [4.78, 5) is 27.2. The van der Waals surface area contributed by atoms with Crippen molar-refractivity contribution in [3.63, 3.8) is 0 Å². The van der Waals surface area contributed by atoms with Crippen molar-refractivity contribution in [2.75, 3.05) is 11.9 Å². The maximum Gasteiger partial charge on any atom is 0.268 e. The van der Waals surface area contributed by atoms with Crippen LogP contribution in [0.25, 0.3) is 5.57 Å². The normalized spacial score (nSPS) is 17.5. The minimum Gasteiger partial charge on any atom is -0.478 e. The third-order valence-electron chi connectivity index (χ3n) is 5.52. The van der Waals surface area contributed by atoms with Crippen LogP contribution in [0, 0.1) is 0 Å². The lowest BCUT2D eigenvalue weighted by molar-refractivity contribution is -0.125. The summed E-state index contributed by atoms with van der Waals surface area (Å²) in [6.07, 6.45) is 1.54. The van der Waals surface area contributed by atoms with Crippen molar-refractivity contribution < 1.29 is 14.3 Å². The predicted octanol–water partition coefficient (Wildman–Crippen LogP) is 4.28. The molecule has 0 saturated heterocycles. The number of anilines is 1. The molecule has 0 N–H and O–H groups in total. The zero-order chi connectivity index (χ0) is 20.0. The number of nitrogens with zero attached hydrogens (tertiary/aromatic N) is 1. The van der Waals surface area contributed by atoms with Crippen LogP contribution in [-0.2, 0) is 11.2 Å². The topological polar surface area (TPSA) is 46.6 Å². The van der Waals surface area contributed by atoms with Gasteiger partial charge in [0.05, 0.1) is 5.69 Å². The molecule has 0 saturated carbocycles. The van der Waals surface area contributed by atoms with Gasteiger partial charge in [-0.05, 0) is 40.5 Å². The Hall–Kier alpha value is -3.66. The lowest BCUT2D eigenvalue weighted by Gasteiger charge is -2.32. The monoisotopic (exact) mass is 381 g/mol. The van der Waals surface area contributed by atoms with Gasteiger partial charge in [0.1, 0.15) is 5.75 Å². The van der Waals surface area contributed by atoms with Gasteiger partial charge in [-0.1, -0.05) is 60.7 Å². The van der Waals surface area contributed by atoms with Gasteiger partial charge in [0.2, 0.25) is 0 Å². The number of benzene rings is 3. The molecule has 1 aliphatic heterocycles. The van der Waals surface area contributed by atoms with Crippen LogP contribution in [0.2, 0.25) is 0 Å². The second-order valence-electron chi connectivity index (χ2n) is 7.35. The highest BCUT2D eigenvalue weighted by Crippen LogP contribution is 2.42. The number of allylic oxidation sites excluding steroid dienone is 1. The Morgan fingerprint density at radius 2 is 1.59 bits per heavy atom. The first-order chi connectivity index (χ1) is 14.1. The number of fused-ring (bicyclic) bond motifs is 2. The highest BCUT2D eigenvalue weighted by molar-refractivity contribution is 6.20. The van der Waals surface area contributed by atoms with Crippen molar-refractivity contribution in [1.29, 1.82) is 0 Å². The van der Waals surface area contributed by atoms with Crippen LogP contribution in [-0.4, -0.2) is 24.8 Å². The molecule has 0 aromatic heterocycles. The molecule has 3 aromatic carbocycles. The number of likely N-dealkylation sites (N-methyl/N-ethyl adjacent to an activating group) is 1. The molecule has 142 valence electrons. The van der Waals surface area contributed by atoms with Gasteiger partial charge >= 0.3 is 0 Å². The van der Waals surface area contributed by atoms with E-state index < -0.39 is 6.10 Å². The van der Waals surface area contributed by atoms with E-state index >= 15 is 0 Å². The number of amides is 1. The Kier molecular flexibility index (Phi) is 4.06. The van der Waals surface area contributed by atoms with Gasteiger partial charge in [-0.25, -0.2) is 0 Å². The molecule has 0 spiro atoms. The number of hydrogen-bond donors (Lipinski definition) is 0. The van der Waals surface area contributed by atoms with Crippen molar-refractivity contribution in [3.05, 3.63) is 101 Å². The SMILES string of the molecule is CN1C(=O)C(Cc2ccccc2)Oc2cc3c(cc21)C(c1ccccc1)=CC3=O. The van der Waals surface area contributed by atoms with Gasteiger partial charge in [-0.3, -0.25) is 9.59 Å². The molecule has 0 radical (unpaired) electrons. The minimum absolute atomic E-state index is 0.0376. The van der Waals surface area contributed by atoms with E-state index in [1.165, 1.54) is 0 Å². The highest BCUT2D eigenvalue weighted by atomic mass is 16.5. The number of ether oxygens (including phenoxy) is 1. The van der Waals surface area contributed by atoms with Gasteiger partial charge in [0.25, 0.3) is 5.91 Å². The van der Waals surface area contributed by atoms with Gasteiger partial charge in [-0.15, -0.1) is 0 Å². The Morgan fingerprint density at radius 3 is 2.31 bits per heavy atom. The first-order valence-corrected chi connectivity index (χ1v) is 9.60. The van der Waals surface area contributed by atoms with E-state index in [0.717, 1.165) is 22.3 Å². The standard InChI is InChI=1S/C25H19NO3/c1-26-21-13-19-18(17-10-6-3-7-11-17)14-22(27)20(19)15-23(21)29-24(25(26)28)12-16-8-4-2-5-9-16/h2-11,13-15,24H,12H2,1H3. The highest BCUT2D eigenvalue weighted by Gasteiger charge is 2.35. The fraction of sp³-hybridized carbons (Fsp3) is 0.120. The van der Waals surface area contributed by atoms with Crippen molar-refractivity contribution >= 4 is 23.0 Å². The lowest BCUT2D eigenvalue weighted by Crippen LogP contribution is -2.45. The third kappa shape index (κ3) is 2.93. The average molecular weight is 381 g/mol. The zero-order valence-corrected chi connectivity index (χ0v) is 16.0. The van der Waals surface area contributed by atoms with Crippen molar-refractivity contribution in [3.8, 4) is 5.75 Å². The van der Waals surface area contributed by atoms with Gasteiger partial charge in [0.15, 0.2) is 11.9 Å². The van der Waals surface area contributed by atoms with Crippen molar-refractivity contribution in [2.24, 2.45) is 0 Å². The molecule has 29 heavy (non-hydrogen) atoms. The Labute approximate surface area is 169 Å². The molecule has 5 rings (SSSR count). The van der Waals surface area contributed by atoms with E-state index in [1.807, 2.05) is 66.7 Å². The predicted molar refractivity (Wildman–Crippen MR) is 112 cm³/mol. The fourth-order valence-electron chi connectivity index (χ4n) is 3.99. The largest absolute Gasteiger partial charge is 0.478 e. The first kappa shape index (κ1) is 17.4. The lowest BCUT2D eigenvalue weighted by atomic mass is 9.97. The van der Waals surface area contributed by atoms with Gasteiger partial charge in [-0.2, -0.15) is 0 Å². The molecular weight excluding hydrogens is 362 g/mol. The first-order valence-electron chi connectivity index (χ1n) is 9.60. The van der Waals surface area contributed by atoms with E-state index in [-0.39, 0.29) is 11.7 Å². The molecular formula is C25H19NO3. The van der Waals surface area contributed by atoms with Crippen LogP contribution >= 0.6 is 0 Å². The summed E-state index contributed by atoms with van der Waals surface area (Å²) in [5, 5.41) is 0. The molecule has 1 heterocycles. The summed E-state index contributed by atoms with van der Waals surface area (Å²) in [5.41, 5.74) is 5.03. The van der Waals surface area contributed by atoms with Crippen LogP contribution in [0.3, 0.4) is 0 Å². The van der Waals surface area contributed by atoms with Crippen LogP contribution in [0.5, 0.6) is 5.75 Å². The molecule has 1 aliphatic carbocycles. The van der Waals surface area contributed by atoms with E-state index in [0.29, 0.717) is 23.4 Å². The molecule has 1 amide bonds. The van der Waals surface area contributed by atoms with Crippen LogP contribution in [0.15, 0.2) is 78.9 Å². The van der Waals surface area contributed by atoms with Gasteiger partial charge < -0.3 is 9.64 Å². The molecule has 0 bridgehead atoms. The maximum atomic E-state index is 12.9.